The molecule has 0 aromatic carbocycles. The molecule has 1 aliphatic heterocycles. The van der Waals surface area contributed by atoms with E-state index in [9.17, 15) is 35.1 Å². The predicted octanol–water partition coefficient (Wildman–Crippen LogP) is 11.9. The van der Waals surface area contributed by atoms with Gasteiger partial charge >= 0.3 is 5.97 Å². The van der Waals surface area contributed by atoms with Crippen LogP contribution in [0.3, 0.4) is 0 Å². The highest BCUT2D eigenvalue weighted by Gasteiger charge is 2.47. The number of carbonyl (C=O) groups is 2. The van der Waals surface area contributed by atoms with Crippen LogP contribution in [0.25, 0.3) is 0 Å². The summed E-state index contributed by atoms with van der Waals surface area (Å²) in [6, 6.07) is -1.03. The van der Waals surface area contributed by atoms with E-state index in [1.165, 1.54) is 89.9 Å². The van der Waals surface area contributed by atoms with Gasteiger partial charge in [0.05, 0.1) is 25.4 Å². The van der Waals surface area contributed by atoms with Crippen LogP contribution in [0, 0.1) is 0 Å². The van der Waals surface area contributed by atoms with Crippen LogP contribution in [0.4, 0.5) is 0 Å². The van der Waals surface area contributed by atoms with E-state index in [1.807, 2.05) is 18.2 Å². The Hall–Kier alpha value is -2.64. The van der Waals surface area contributed by atoms with Crippen molar-refractivity contribution >= 4 is 11.9 Å². The van der Waals surface area contributed by atoms with Crippen molar-refractivity contribution in [3.63, 3.8) is 0 Å². The third-order valence-corrected chi connectivity index (χ3v) is 12.7. The van der Waals surface area contributed by atoms with Gasteiger partial charge in [-0.3, -0.25) is 9.59 Å². The maximum Gasteiger partial charge on any atom is 0.306 e. The molecule has 0 bridgehead atoms. The van der Waals surface area contributed by atoms with Gasteiger partial charge in [-0.1, -0.05) is 210 Å². The quantitative estimate of drug-likeness (QED) is 0.0149. The molecule has 68 heavy (non-hydrogen) atoms. The fraction of sp³-hybridized carbons (Fsp3) is 0.789. The first-order valence-electron chi connectivity index (χ1n) is 27.6. The topological polar surface area (TPSA) is 175 Å². The molecule has 0 aliphatic carbocycles. The molecule has 1 saturated heterocycles. The summed E-state index contributed by atoms with van der Waals surface area (Å²) in [6.45, 7) is 5.61. The number of unbranched alkanes of at least 4 members (excludes halogenated alkanes) is 25. The molecule has 8 unspecified atom stereocenters. The van der Waals surface area contributed by atoms with E-state index in [1.54, 1.807) is 6.08 Å². The summed E-state index contributed by atoms with van der Waals surface area (Å²) in [7, 11) is 0. The lowest BCUT2D eigenvalue weighted by Gasteiger charge is -2.41. The van der Waals surface area contributed by atoms with E-state index < -0.39 is 67.4 Å². The first kappa shape index (κ1) is 63.4. The number of hydrogen-bond donors (Lipinski definition) is 6. The molecule has 0 aromatic rings. The number of rotatable bonds is 45. The van der Waals surface area contributed by atoms with Crippen LogP contribution < -0.4 is 5.32 Å². The molecule has 1 amide bonds. The lowest BCUT2D eigenvalue weighted by atomic mass is 9.99. The van der Waals surface area contributed by atoms with Crippen molar-refractivity contribution in [2.45, 2.75) is 275 Å². The maximum atomic E-state index is 13.3. The van der Waals surface area contributed by atoms with E-state index >= 15 is 0 Å². The number of nitrogens with one attached hydrogen (secondary N) is 1. The zero-order valence-electron chi connectivity index (χ0n) is 43.2. The molecule has 1 heterocycles. The SMILES string of the molecule is CC/C=C/C=C/C=C/CCCCCCCCC(O)C(=O)NC(COC1OC(CO)C(O)C(O)C1OC(=O)CCCCC/C=C\CCCCCCCC)C(O)/C=C/CCCCCCCCCCCC. The van der Waals surface area contributed by atoms with Crippen molar-refractivity contribution in [2.24, 2.45) is 0 Å². The molecule has 0 aromatic heterocycles. The van der Waals surface area contributed by atoms with Gasteiger partial charge in [-0.2, -0.15) is 0 Å². The molecule has 8 atom stereocenters. The number of esters is 1. The van der Waals surface area contributed by atoms with E-state index in [0.29, 0.717) is 12.8 Å². The van der Waals surface area contributed by atoms with Crippen molar-refractivity contribution in [3.05, 3.63) is 60.8 Å². The van der Waals surface area contributed by atoms with Crippen LogP contribution >= 0.6 is 0 Å². The van der Waals surface area contributed by atoms with Gasteiger partial charge in [0, 0.05) is 6.42 Å². The molecule has 0 spiro atoms. The Morgan fingerprint density at radius 2 is 1.07 bits per heavy atom. The van der Waals surface area contributed by atoms with Gasteiger partial charge in [-0.25, -0.2) is 0 Å². The smallest absolute Gasteiger partial charge is 0.306 e. The van der Waals surface area contributed by atoms with Crippen molar-refractivity contribution in [2.75, 3.05) is 13.2 Å². The lowest BCUT2D eigenvalue weighted by Crippen LogP contribution is -2.61. The zero-order valence-corrected chi connectivity index (χ0v) is 43.2. The maximum absolute atomic E-state index is 13.3. The fourth-order valence-corrected chi connectivity index (χ4v) is 8.29. The molecule has 11 heteroatoms. The molecule has 11 nitrogen and oxygen atoms in total. The van der Waals surface area contributed by atoms with Gasteiger partial charge in [0.1, 0.15) is 24.4 Å². The van der Waals surface area contributed by atoms with E-state index in [-0.39, 0.29) is 19.4 Å². The second-order valence-electron chi connectivity index (χ2n) is 19.0. The molecule has 394 valence electrons. The van der Waals surface area contributed by atoms with Crippen molar-refractivity contribution in [1.29, 1.82) is 0 Å². The van der Waals surface area contributed by atoms with Gasteiger partial charge in [-0.15, -0.1) is 0 Å². The first-order chi connectivity index (χ1) is 33.2. The van der Waals surface area contributed by atoms with Crippen LogP contribution in [0.1, 0.15) is 226 Å². The van der Waals surface area contributed by atoms with Gasteiger partial charge in [0.25, 0.3) is 0 Å². The minimum Gasteiger partial charge on any atom is -0.454 e. The minimum absolute atomic E-state index is 0.100. The van der Waals surface area contributed by atoms with Crippen molar-refractivity contribution < 1.29 is 49.3 Å². The van der Waals surface area contributed by atoms with Crippen LogP contribution in [0.15, 0.2) is 60.8 Å². The first-order valence-corrected chi connectivity index (χ1v) is 27.6. The molecular formula is C57H101NO10. The van der Waals surface area contributed by atoms with Gasteiger partial charge in [0.2, 0.25) is 5.91 Å². The second-order valence-corrected chi connectivity index (χ2v) is 19.0. The standard InChI is InChI=1S/C57H101NO10/c1-4-7-10-13-16-19-22-25-27-29-32-35-38-41-44-50(61)56(65)58-48(49(60)43-40-37-34-31-28-24-21-18-15-12-9-6-3)47-66-57-55(54(64)53(63)51(46-59)67-57)68-52(62)45-42-39-36-33-30-26-23-20-17-14-11-8-5-2/h7,10,13,16,19,22,26,30,40,43,48-51,53-55,57,59-61,63-64H,4-6,8-9,11-12,14-15,17-18,20-21,23-25,27-29,31-39,41-42,44-47H2,1-3H3,(H,58,65)/b10-7+,16-13+,22-19+,30-26-,43-40+. The number of aliphatic hydroxyl groups is 5. The Labute approximate surface area is 414 Å². The largest absolute Gasteiger partial charge is 0.454 e. The summed E-state index contributed by atoms with van der Waals surface area (Å²) in [5, 5.41) is 56.7. The summed E-state index contributed by atoms with van der Waals surface area (Å²) in [5.41, 5.74) is 0. The molecule has 1 rings (SSSR count). The minimum atomic E-state index is -1.62. The average Bonchev–Trinajstić information content (AvgIpc) is 3.33. The summed E-state index contributed by atoms with van der Waals surface area (Å²) < 4.78 is 17.5. The van der Waals surface area contributed by atoms with Crippen molar-refractivity contribution in [1.82, 2.24) is 5.32 Å². The zero-order chi connectivity index (χ0) is 49.7. The van der Waals surface area contributed by atoms with E-state index in [2.05, 4.69) is 62.5 Å². The van der Waals surface area contributed by atoms with Gasteiger partial charge < -0.3 is 45.1 Å². The number of ether oxygens (including phenoxy) is 3. The molecular weight excluding hydrogens is 859 g/mol. The molecule has 1 fully saturated rings. The summed E-state index contributed by atoms with van der Waals surface area (Å²) in [5.74, 6) is -1.23. The van der Waals surface area contributed by atoms with Crippen molar-refractivity contribution in [3.8, 4) is 0 Å². The van der Waals surface area contributed by atoms with E-state index in [4.69, 9.17) is 14.2 Å². The summed E-state index contributed by atoms with van der Waals surface area (Å²) in [4.78, 5) is 26.4. The van der Waals surface area contributed by atoms with Crippen LogP contribution in [0.5, 0.6) is 0 Å². The van der Waals surface area contributed by atoms with Crippen LogP contribution in [0.2, 0.25) is 0 Å². The Bertz CT molecular complexity index is 1330. The number of amides is 1. The third kappa shape index (κ3) is 33.8. The monoisotopic (exact) mass is 960 g/mol. The van der Waals surface area contributed by atoms with E-state index in [0.717, 1.165) is 89.9 Å². The molecule has 0 saturated carbocycles. The number of allylic oxidation sites excluding steroid dienone is 9. The Balaban J connectivity index is 2.78. The summed E-state index contributed by atoms with van der Waals surface area (Å²) in [6.07, 6.45) is 44.1. The number of aliphatic hydroxyl groups excluding tert-OH is 5. The van der Waals surface area contributed by atoms with Crippen LogP contribution in [-0.4, -0.2) is 99.6 Å². The molecule has 0 radical (unpaired) electrons. The Kier molecular flexibility index (Phi) is 42.4. The van der Waals surface area contributed by atoms with Gasteiger partial charge in [-0.05, 0) is 70.6 Å². The Morgan fingerprint density at radius 3 is 1.62 bits per heavy atom. The highest BCUT2D eigenvalue weighted by atomic mass is 16.7. The highest BCUT2D eigenvalue weighted by molar-refractivity contribution is 5.80. The van der Waals surface area contributed by atoms with Gasteiger partial charge in [0.15, 0.2) is 12.4 Å². The predicted molar refractivity (Wildman–Crippen MR) is 278 cm³/mol. The average molecular weight is 960 g/mol. The number of hydrogen-bond acceptors (Lipinski definition) is 10. The fourth-order valence-electron chi connectivity index (χ4n) is 8.29. The third-order valence-electron chi connectivity index (χ3n) is 12.7. The summed E-state index contributed by atoms with van der Waals surface area (Å²) >= 11 is 0. The highest BCUT2D eigenvalue weighted by Crippen LogP contribution is 2.26. The second kappa shape index (κ2) is 45.5. The molecule has 6 N–H and O–H groups in total. The van der Waals surface area contributed by atoms with Crippen LogP contribution in [-0.2, 0) is 23.8 Å². The lowest BCUT2D eigenvalue weighted by molar-refractivity contribution is -0.305. The number of carbonyl (C=O) groups excluding carboxylic acids is 2. The Morgan fingerprint density at radius 1 is 0.588 bits per heavy atom. The molecule has 1 aliphatic rings. The normalized spacial score (nSPS) is 20.4.